The van der Waals surface area contributed by atoms with E-state index in [-0.39, 0.29) is 16.9 Å². The highest BCUT2D eigenvalue weighted by Crippen LogP contribution is 2.35. The number of nitrogens with zero attached hydrogens (tertiary/aromatic N) is 2. The summed E-state index contributed by atoms with van der Waals surface area (Å²) < 4.78 is 5.36. The number of hydrogen-bond donors (Lipinski definition) is 2. The minimum absolute atomic E-state index is 0.0107. The van der Waals surface area contributed by atoms with Crippen molar-refractivity contribution in [3.63, 3.8) is 0 Å². The molecular weight excluding hydrogens is 290 g/mol. The lowest BCUT2D eigenvalue weighted by Crippen LogP contribution is -2.55. The molecular formula is C14H25N3O3S. The summed E-state index contributed by atoms with van der Waals surface area (Å²) in [5.74, 6) is -0.0401. The fourth-order valence-corrected chi connectivity index (χ4v) is 3.59. The number of rotatable bonds is 4. The van der Waals surface area contributed by atoms with Gasteiger partial charge in [0.25, 0.3) is 0 Å². The predicted molar refractivity (Wildman–Crippen MR) is 84.0 cm³/mol. The Morgan fingerprint density at radius 1 is 1.48 bits per heavy atom. The standard InChI is InChI=1S/C14H25N3O3S/c1-16(2)8-10-7-11(18)9-17(10)13(19)14(12(15)21)3-5-20-6-4-14/h10-11,18H,3-9H2,1-2H3,(H2,15,21). The fraction of sp³-hybridized carbons (Fsp3) is 0.857. The van der Waals surface area contributed by atoms with E-state index in [2.05, 4.69) is 0 Å². The van der Waals surface area contributed by atoms with Crippen LogP contribution in [0.1, 0.15) is 19.3 Å². The van der Waals surface area contributed by atoms with Crippen LogP contribution in [0.25, 0.3) is 0 Å². The summed E-state index contributed by atoms with van der Waals surface area (Å²) in [6, 6.07) is 0.0107. The minimum Gasteiger partial charge on any atom is -0.392 e. The van der Waals surface area contributed by atoms with E-state index in [1.807, 2.05) is 19.0 Å². The van der Waals surface area contributed by atoms with E-state index < -0.39 is 11.5 Å². The molecule has 2 atom stereocenters. The molecule has 1 amide bonds. The zero-order valence-corrected chi connectivity index (χ0v) is 13.6. The average molecular weight is 315 g/mol. The third-order valence-electron chi connectivity index (χ3n) is 4.46. The number of carbonyl (C=O) groups is 1. The van der Waals surface area contributed by atoms with Gasteiger partial charge in [-0.05, 0) is 33.4 Å². The topological polar surface area (TPSA) is 79.0 Å². The Hall–Kier alpha value is -0.760. The Bertz CT molecular complexity index is 410. The Morgan fingerprint density at radius 2 is 2.10 bits per heavy atom. The van der Waals surface area contributed by atoms with Crippen LogP contribution in [0.15, 0.2) is 0 Å². The highest BCUT2D eigenvalue weighted by Gasteiger charge is 2.48. The zero-order valence-electron chi connectivity index (χ0n) is 12.7. The third-order valence-corrected chi connectivity index (χ3v) is 4.85. The molecule has 120 valence electrons. The quantitative estimate of drug-likeness (QED) is 0.687. The summed E-state index contributed by atoms with van der Waals surface area (Å²) in [6.07, 6.45) is 1.20. The maximum absolute atomic E-state index is 13.1. The summed E-state index contributed by atoms with van der Waals surface area (Å²) >= 11 is 5.20. The van der Waals surface area contributed by atoms with E-state index in [9.17, 15) is 9.90 Å². The second kappa shape index (κ2) is 6.56. The van der Waals surface area contributed by atoms with Crippen LogP contribution in [0.5, 0.6) is 0 Å². The molecule has 0 saturated carbocycles. The number of carbonyl (C=O) groups excluding carboxylic acids is 1. The van der Waals surface area contributed by atoms with Crippen molar-refractivity contribution >= 4 is 23.1 Å². The molecule has 3 N–H and O–H groups in total. The van der Waals surface area contributed by atoms with Crippen LogP contribution in [-0.2, 0) is 9.53 Å². The van der Waals surface area contributed by atoms with E-state index in [1.54, 1.807) is 4.90 Å². The number of likely N-dealkylation sites (N-methyl/N-ethyl adjacent to an activating group) is 1. The lowest BCUT2D eigenvalue weighted by Gasteiger charge is -2.39. The van der Waals surface area contributed by atoms with Gasteiger partial charge in [0.1, 0.15) is 5.41 Å². The molecule has 2 saturated heterocycles. The molecule has 0 aromatic carbocycles. The van der Waals surface area contributed by atoms with Crippen LogP contribution in [0.3, 0.4) is 0 Å². The van der Waals surface area contributed by atoms with Crippen molar-refractivity contribution in [3.8, 4) is 0 Å². The first-order chi connectivity index (χ1) is 9.86. The molecule has 2 fully saturated rings. The van der Waals surface area contributed by atoms with Crippen molar-refractivity contribution in [1.82, 2.24) is 9.80 Å². The van der Waals surface area contributed by atoms with Crippen molar-refractivity contribution in [2.75, 3.05) is 40.4 Å². The van der Waals surface area contributed by atoms with Gasteiger partial charge in [-0.3, -0.25) is 4.79 Å². The van der Waals surface area contributed by atoms with E-state index >= 15 is 0 Å². The van der Waals surface area contributed by atoms with Gasteiger partial charge < -0.3 is 25.4 Å². The van der Waals surface area contributed by atoms with Crippen LogP contribution in [0.4, 0.5) is 0 Å². The largest absolute Gasteiger partial charge is 0.392 e. The summed E-state index contributed by atoms with van der Waals surface area (Å²) in [4.78, 5) is 17.1. The molecule has 21 heavy (non-hydrogen) atoms. The highest BCUT2D eigenvalue weighted by molar-refractivity contribution is 7.80. The molecule has 2 heterocycles. The first-order valence-electron chi connectivity index (χ1n) is 7.38. The van der Waals surface area contributed by atoms with E-state index in [0.29, 0.717) is 39.0 Å². The predicted octanol–water partition coefficient (Wildman–Crippen LogP) is -0.407. The van der Waals surface area contributed by atoms with Gasteiger partial charge in [-0.25, -0.2) is 0 Å². The number of amides is 1. The second-order valence-electron chi connectivity index (χ2n) is 6.32. The zero-order chi connectivity index (χ0) is 15.6. The van der Waals surface area contributed by atoms with Gasteiger partial charge >= 0.3 is 0 Å². The summed E-state index contributed by atoms with van der Waals surface area (Å²) in [7, 11) is 3.93. The van der Waals surface area contributed by atoms with Crippen molar-refractivity contribution in [3.05, 3.63) is 0 Å². The first kappa shape index (κ1) is 16.6. The normalized spacial score (nSPS) is 28.9. The van der Waals surface area contributed by atoms with Crippen molar-refractivity contribution in [2.24, 2.45) is 11.1 Å². The van der Waals surface area contributed by atoms with Crippen LogP contribution in [0, 0.1) is 5.41 Å². The number of aliphatic hydroxyl groups is 1. The number of likely N-dealkylation sites (tertiary alicyclic amines) is 1. The average Bonchev–Trinajstić information content (AvgIpc) is 2.78. The Morgan fingerprint density at radius 3 is 2.62 bits per heavy atom. The highest BCUT2D eigenvalue weighted by atomic mass is 32.1. The maximum atomic E-state index is 13.1. The van der Waals surface area contributed by atoms with Gasteiger partial charge in [0.15, 0.2) is 0 Å². The Labute approximate surface area is 131 Å². The molecule has 0 radical (unpaired) electrons. The van der Waals surface area contributed by atoms with Gasteiger partial charge in [-0.1, -0.05) is 12.2 Å². The number of β-amino-alcohol motifs (C(OH)–C–C–N with tert-alkyl or cyclic N) is 1. The molecule has 0 aromatic heterocycles. The Balaban J connectivity index is 2.20. The maximum Gasteiger partial charge on any atom is 0.236 e. The van der Waals surface area contributed by atoms with Gasteiger partial charge in [0.05, 0.1) is 11.1 Å². The van der Waals surface area contributed by atoms with Crippen molar-refractivity contribution in [1.29, 1.82) is 0 Å². The molecule has 2 aliphatic heterocycles. The molecule has 7 heteroatoms. The van der Waals surface area contributed by atoms with Crippen molar-refractivity contribution in [2.45, 2.75) is 31.4 Å². The molecule has 2 rings (SSSR count). The number of aliphatic hydroxyl groups excluding tert-OH is 1. The molecule has 0 aromatic rings. The minimum atomic E-state index is -0.803. The molecule has 0 bridgehead atoms. The van der Waals surface area contributed by atoms with Gasteiger partial charge in [-0.15, -0.1) is 0 Å². The van der Waals surface area contributed by atoms with Gasteiger partial charge in [0, 0.05) is 32.3 Å². The molecule has 2 aliphatic rings. The lowest BCUT2D eigenvalue weighted by molar-refractivity contribution is -0.143. The van der Waals surface area contributed by atoms with Crippen LogP contribution < -0.4 is 5.73 Å². The van der Waals surface area contributed by atoms with Crippen LogP contribution >= 0.6 is 12.2 Å². The first-order valence-corrected chi connectivity index (χ1v) is 7.79. The van der Waals surface area contributed by atoms with E-state index in [1.165, 1.54) is 0 Å². The molecule has 6 nitrogen and oxygen atoms in total. The van der Waals surface area contributed by atoms with E-state index in [0.717, 1.165) is 6.54 Å². The van der Waals surface area contributed by atoms with Gasteiger partial charge in [-0.2, -0.15) is 0 Å². The van der Waals surface area contributed by atoms with Crippen LogP contribution in [0.2, 0.25) is 0 Å². The molecule has 2 unspecified atom stereocenters. The summed E-state index contributed by atoms with van der Waals surface area (Å²) in [5.41, 5.74) is 5.10. The second-order valence-corrected chi connectivity index (χ2v) is 6.76. The summed E-state index contributed by atoms with van der Waals surface area (Å²) in [5, 5.41) is 9.95. The van der Waals surface area contributed by atoms with Crippen molar-refractivity contribution < 1.29 is 14.6 Å². The molecule has 0 spiro atoms. The monoisotopic (exact) mass is 315 g/mol. The Kier molecular flexibility index (Phi) is 5.19. The number of nitrogens with two attached hydrogens (primary N) is 1. The fourth-order valence-electron chi connectivity index (χ4n) is 3.30. The summed E-state index contributed by atoms with van der Waals surface area (Å²) in [6.45, 7) is 2.09. The van der Waals surface area contributed by atoms with E-state index in [4.69, 9.17) is 22.7 Å². The number of hydrogen-bond acceptors (Lipinski definition) is 5. The number of thiocarbonyl (C=S) groups is 1. The lowest BCUT2D eigenvalue weighted by atomic mass is 9.78. The third kappa shape index (κ3) is 3.36. The number of ether oxygens (including phenoxy) is 1. The van der Waals surface area contributed by atoms with Gasteiger partial charge in [0.2, 0.25) is 5.91 Å². The SMILES string of the molecule is CN(C)CC1CC(O)CN1C(=O)C1(C(N)=S)CCOCC1. The smallest absolute Gasteiger partial charge is 0.236 e. The van der Waals surface area contributed by atoms with Crippen LogP contribution in [-0.4, -0.2) is 78.3 Å². The molecule has 0 aliphatic carbocycles.